The van der Waals surface area contributed by atoms with E-state index in [-0.39, 0.29) is 0 Å². The van der Waals surface area contributed by atoms with Crippen molar-refractivity contribution in [2.24, 2.45) is 4.99 Å². The zero-order chi connectivity index (χ0) is 15.4. The molecule has 0 aromatic heterocycles. The minimum Gasteiger partial charge on any atom is -0.372 e. The van der Waals surface area contributed by atoms with Gasteiger partial charge >= 0.3 is 0 Å². The van der Waals surface area contributed by atoms with Gasteiger partial charge in [0.25, 0.3) is 0 Å². The van der Waals surface area contributed by atoms with Gasteiger partial charge < -0.3 is 4.90 Å². The maximum absolute atomic E-state index is 4.77. The summed E-state index contributed by atoms with van der Waals surface area (Å²) in [5.74, 6) is 0. The summed E-state index contributed by atoms with van der Waals surface area (Å²) < 4.78 is 0. The van der Waals surface area contributed by atoms with Gasteiger partial charge in [0.15, 0.2) is 0 Å². The Morgan fingerprint density at radius 3 is 2.68 bits per heavy atom. The number of para-hydroxylation sites is 1. The highest BCUT2D eigenvalue weighted by molar-refractivity contribution is 7.98. The van der Waals surface area contributed by atoms with Crippen LogP contribution in [-0.4, -0.2) is 32.1 Å². The normalized spacial score (nSPS) is 14.6. The molecule has 0 spiro atoms. The number of benzodiazepines with no additional fused rings is 1. The van der Waals surface area contributed by atoms with Gasteiger partial charge in [0.2, 0.25) is 0 Å². The van der Waals surface area contributed by atoms with Crippen LogP contribution in [0.15, 0.2) is 64.5 Å². The number of hydrogen-bond acceptors (Lipinski definition) is 3. The molecule has 2 aromatic carbocycles. The Balaban J connectivity index is 1.96. The minimum absolute atomic E-state index is 0.828. The standard InChI is InChI=1S/C19H20N2S/c1-21-14-13-20-17(16-8-4-5-9-18(16)21)12-11-15-7-3-6-10-19(15)22-2/h3-12H,13-14H2,1-2H3/b12-11+. The molecular formula is C19H20N2S. The number of fused-ring (bicyclic) bond motifs is 1. The Bertz CT molecular complexity index is 719. The second-order valence-corrected chi connectivity index (χ2v) is 6.13. The molecule has 0 radical (unpaired) electrons. The van der Waals surface area contributed by atoms with E-state index < -0.39 is 0 Å². The SMILES string of the molecule is CSc1ccccc1/C=C/C1=NCCN(C)c2ccccc21. The summed E-state index contributed by atoms with van der Waals surface area (Å²) in [6.45, 7) is 1.78. The number of hydrogen-bond donors (Lipinski definition) is 0. The molecule has 0 saturated carbocycles. The molecule has 0 bridgehead atoms. The molecule has 0 saturated heterocycles. The van der Waals surface area contributed by atoms with Crippen LogP contribution in [0.3, 0.4) is 0 Å². The van der Waals surface area contributed by atoms with Crippen LogP contribution in [0.4, 0.5) is 5.69 Å². The van der Waals surface area contributed by atoms with E-state index in [2.05, 4.69) is 78.9 Å². The molecule has 2 aromatic rings. The summed E-state index contributed by atoms with van der Waals surface area (Å²) >= 11 is 1.77. The molecule has 3 rings (SSSR count). The number of likely N-dealkylation sites (N-methyl/N-ethyl adjacent to an activating group) is 1. The van der Waals surface area contributed by atoms with E-state index in [1.807, 2.05) is 0 Å². The van der Waals surface area contributed by atoms with Crippen molar-refractivity contribution in [1.82, 2.24) is 0 Å². The third-order valence-electron chi connectivity index (χ3n) is 3.87. The molecule has 1 aliphatic rings. The third-order valence-corrected chi connectivity index (χ3v) is 4.68. The molecular weight excluding hydrogens is 288 g/mol. The third kappa shape index (κ3) is 3.09. The number of anilines is 1. The summed E-state index contributed by atoms with van der Waals surface area (Å²) in [5, 5.41) is 0. The number of aliphatic imine (C=N–C) groups is 1. The lowest BCUT2D eigenvalue weighted by Crippen LogP contribution is -2.20. The zero-order valence-corrected chi connectivity index (χ0v) is 13.8. The van der Waals surface area contributed by atoms with Gasteiger partial charge in [-0.1, -0.05) is 42.5 Å². The minimum atomic E-state index is 0.828. The van der Waals surface area contributed by atoms with Crippen molar-refractivity contribution in [3.8, 4) is 0 Å². The van der Waals surface area contributed by atoms with Crippen LogP contribution in [-0.2, 0) is 0 Å². The molecule has 0 atom stereocenters. The first-order valence-electron chi connectivity index (χ1n) is 7.45. The van der Waals surface area contributed by atoms with Gasteiger partial charge in [-0.05, 0) is 30.0 Å². The van der Waals surface area contributed by atoms with E-state index in [9.17, 15) is 0 Å². The first-order valence-corrected chi connectivity index (χ1v) is 8.68. The van der Waals surface area contributed by atoms with Gasteiger partial charge in [0, 0.05) is 29.7 Å². The van der Waals surface area contributed by atoms with Crippen molar-refractivity contribution >= 4 is 29.2 Å². The molecule has 1 heterocycles. The monoisotopic (exact) mass is 308 g/mol. The van der Waals surface area contributed by atoms with Gasteiger partial charge in [0.05, 0.1) is 12.3 Å². The van der Waals surface area contributed by atoms with Gasteiger partial charge in [-0.2, -0.15) is 0 Å². The fourth-order valence-corrected chi connectivity index (χ4v) is 3.25. The lowest BCUT2D eigenvalue weighted by Gasteiger charge is -2.18. The summed E-state index contributed by atoms with van der Waals surface area (Å²) in [6.07, 6.45) is 6.43. The number of rotatable bonds is 3. The number of benzene rings is 2. The van der Waals surface area contributed by atoms with Crippen molar-refractivity contribution in [2.75, 3.05) is 31.3 Å². The number of nitrogens with zero attached hydrogens (tertiary/aromatic N) is 2. The van der Waals surface area contributed by atoms with Gasteiger partial charge in [-0.15, -0.1) is 11.8 Å². The maximum atomic E-state index is 4.77. The summed E-state index contributed by atoms with van der Waals surface area (Å²) in [6, 6.07) is 17.0. The second-order valence-electron chi connectivity index (χ2n) is 5.28. The van der Waals surface area contributed by atoms with Crippen LogP contribution in [0.25, 0.3) is 6.08 Å². The lowest BCUT2D eigenvalue weighted by atomic mass is 10.1. The summed E-state index contributed by atoms with van der Waals surface area (Å²) in [5.41, 5.74) is 4.77. The molecule has 1 aliphatic heterocycles. The van der Waals surface area contributed by atoms with E-state index in [4.69, 9.17) is 4.99 Å². The molecule has 0 amide bonds. The van der Waals surface area contributed by atoms with Crippen LogP contribution in [0, 0.1) is 0 Å². The first kappa shape index (κ1) is 14.9. The van der Waals surface area contributed by atoms with Crippen molar-refractivity contribution in [2.45, 2.75) is 4.90 Å². The molecule has 2 nitrogen and oxygen atoms in total. The highest BCUT2D eigenvalue weighted by Gasteiger charge is 2.13. The Hall–Kier alpha value is -2.00. The molecule has 3 heteroatoms. The summed E-state index contributed by atoms with van der Waals surface area (Å²) in [7, 11) is 2.13. The van der Waals surface area contributed by atoms with Crippen molar-refractivity contribution in [3.05, 3.63) is 65.7 Å². The Morgan fingerprint density at radius 1 is 1.05 bits per heavy atom. The maximum Gasteiger partial charge on any atom is 0.0668 e. The summed E-state index contributed by atoms with van der Waals surface area (Å²) in [4.78, 5) is 8.33. The largest absolute Gasteiger partial charge is 0.372 e. The molecule has 0 N–H and O–H groups in total. The van der Waals surface area contributed by atoms with Gasteiger partial charge in [-0.25, -0.2) is 0 Å². The quantitative estimate of drug-likeness (QED) is 0.783. The van der Waals surface area contributed by atoms with Crippen LogP contribution >= 0.6 is 11.8 Å². The highest BCUT2D eigenvalue weighted by Crippen LogP contribution is 2.24. The zero-order valence-electron chi connectivity index (χ0n) is 13.0. The molecule has 0 fully saturated rings. The highest BCUT2D eigenvalue weighted by atomic mass is 32.2. The predicted octanol–water partition coefficient (Wildman–Crippen LogP) is 4.36. The van der Waals surface area contributed by atoms with Crippen LogP contribution in [0.5, 0.6) is 0 Å². The van der Waals surface area contributed by atoms with Crippen molar-refractivity contribution < 1.29 is 0 Å². The lowest BCUT2D eigenvalue weighted by molar-refractivity contribution is 0.897. The molecule has 0 unspecified atom stereocenters. The average molecular weight is 308 g/mol. The number of thioether (sulfide) groups is 1. The Morgan fingerprint density at radius 2 is 1.82 bits per heavy atom. The Kier molecular flexibility index (Phi) is 4.64. The Labute approximate surface area is 136 Å². The molecule has 0 aliphatic carbocycles. The molecule has 112 valence electrons. The van der Waals surface area contributed by atoms with E-state index in [1.165, 1.54) is 21.7 Å². The van der Waals surface area contributed by atoms with E-state index in [0.717, 1.165) is 18.8 Å². The molecule has 22 heavy (non-hydrogen) atoms. The first-order chi connectivity index (χ1) is 10.8. The van der Waals surface area contributed by atoms with Crippen LogP contribution in [0.1, 0.15) is 11.1 Å². The van der Waals surface area contributed by atoms with Gasteiger partial charge in [0.1, 0.15) is 0 Å². The van der Waals surface area contributed by atoms with Crippen LogP contribution in [0.2, 0.25) is 0 Å². The van der Waals surface area contributed by atoms with Crippen molar-refractivity contribution in [3.63, 3.8) is 0 Å². The van der Waals surface area contributed by atoms with Crippen molar-refractivity contribution in [1.29, 1.82) is 0 Å². The number of allylic oxidation sites excluding steroid dienone is 1. The topological polar surface area (TPSA) is 15.6 Å². The average Bonchev–Trinajstić information content (AvgIpc) is 2.73. The second kappa shape index (κ2) is 6.84. The predicted molar refractivity (Wildman–Crippen MR) is 98.4 cm³/mol. The fourth-order valence-electron chi connectivity index (χ4n) is 2.66. The van der Waals surface area contributed by atoms with E-state index in [0.29, 0.717) is 0 Å². The van der Waals surface area contributed by atoms with Gasteiger partial charge in [-0.3, -0.25) is 4.99 Å². The van der Waals surface area contributed by atoms with E-state index in [1.54, 1.807) is 11.8 Å². The fraction of sp³-hybridized carbons (Fsp3) is 0.211. The van der Waals surface area contributed by atoms with E-state index >= 15 is 0 Å². The van der Waals surface area contributed by atoms with Crippen LogP contribution < -0.4 is 4.90 Å². The smallest absolute Gasteiger partial charge is 0.0668 e.